The molecule has 0 saturated heterocycles. The highest BCUT2D eigenvalue weighted by Gasteiger charge is 2.09. The Morgan fingerprint density at radius 2 is 2.18 bits per heavy atom. The Labute approximate surface area is 100 Å². The Kier molecular flexibility index (Phi) is 2.44. The zero-order valence-corrected chi connectivity index (χ0v) is 9.72. The first-order chi connectivity index (χ1) is 8.34. The van der Waals surface area contributed by atoms with Crippen LogP contribution in [-0.2, 0) is 6.42 Å². The van der Waals surface area contributed by atoms with Gasteiger partial charge in [0.05, 0.1) is 5.69 Å². The number of aliphatic imine (C=N–C) groups is 1. The number of nitrogens with zero attached hydrogens (tertiary/aromatic N) is 3. The lowest BCUT2D eigenvalue weighted by atomic mass is 10.0. The number of rotatable bonds is 1. The van der Waals surface area contributed by atoms with Gasteiger partial charge in [0, 0.05) is 48.9 Å². The molecule has 0 atom stereocenters. The molecule has 0 aromatic carbocycles. The first-order valence-electron chi connectivity index (χ1n) is 5.74. The molecule has 0 saturated carbocycles. The van der Waals surface area contributed by atoms with Crippen molar-refractivity contribution < 1.29 is 0 Å². The molecule has 0 spiro atoms. The normalized spacial score (nSPS) is 13.5. The van der Waals surface area contributed by atoms with Gasteiger partial charge in [-0.1, -0.05) is 0 Å². The summed E-state index contributed by atoms with van der Waals surface area (Å²) in [7, 11) is 0. The van der Waals surface area contributed by atoms with Gasteiger partial charge in [-0.05, 0) is 30.2 Å². The molecule has 84 valence electrons. The molecule has 0 N–H and O–H groups in total. The molecule has 1 aliphatic rings. The van der Waals surface area contributed by atoms with Crippen LogP contribution in [0.2, 0.25) is 0 Å². The predicted octanol–water partition coefficient (Wildman–Crippen LogP) is 2.43. The summed E-state index contributed by atoms with van der Waals surface area (Å²) in [4.78, 5) is 12.9. The summed E-state index contributed by atoms with van der Waals surface area (Å²) in [6, 6.07) is 4.19. The van der Waals surface area contributed by atoms with Crippen LogP contribution in [0, 0.1) is 6.92 Å². The number of fused-ring (bicyclic) bond motifs is 1. The van der Waals surface area contributed by atoms with Gasteiger partial charge in [0.1, 0.15) is 0 Å². The molecule has 0 aliphatic carbocycles. The van der Waals surface area contributed by atoms with Gasteiger partial charge in [-0.2, -0.15) is 0 Å². The second kappa shape index (κ2) is 4.09. The maximum Gasteiger partial charge on any atom is 0.0510 e. The van der Waals surface area contributed by atoms with Crippen molar-refractivity contribution in [3.8, 4) is 11.1 Å². The van der Waals surface area contributed by atoms with Crippen molar-refractivity contribution in [3.63, 3.8) is 0 Å². The lowest BCUT2D eigenvalue weighted by Gasteiger charge is -2.11. The third kappa shape index (κ3) is 1.84. The number of aryl methyl sites for hydroxylation is 1. The first-order valence-corrected chi connectivity index (χ1v) is 5.74. The molecule has 0 amide bonds. The topological polar surface area (TPSA) is 38.1 Å². The lowest BCUT2D eigenvalue weighted by molar-refractivity contribution is 0.906. The molecule has 2 aromatic rings. The van der Waals surface area contributed by atoms with Gasteiger partial charge in [-0.15, -0.1) is 0 Å². The van der Waals surface area contributed by atoms with E-state index in [1.807, 2.05) is 30.9 Å². The Bertz CT molecular complexity index is 588. The second-order valence-corrected chi connectivity index (χ2v) is 4.24. The highest BCUT2D eigenvalue weighted by Crippen LogP contribution is 2.24. The zero-order valence-electron chi connectivity index (χ0n) is 9.72. The van der Waals surface area contributed by atoms with E-state index in [1.54, 1.807) is 0 Å². The molecule has 0 unspecified atom stereocenters. The summed E-state index contributed by atoms with van der Waals surface area (Å²) >= 11 is 0. The Balaban J connectivity index is 2.12. The molecule has 3 rings (SSSR count). The highest BCUT2D eigenvalue weighted by molar-refractivity contribution is 5.84. The van der Waals surface area contributed by atoms with E-state index in [0.717, 1.165) is 29.8 Å². The monoisotopic (exact) mass is 223 g/mol. The van der Waals surface area contributed by atoms with E-state index in [2.05, 4.69) is 28.0 Å². The van der Waals surface area contributed by atoms with Gasteiger partial charge in [0.2, 0.25) is 0 Å². The van der Waals surface area contributed by atoms with Gasteiger partial charge < -0.3 is 0 Å². The number of hydrogen-bond donors (Lipinski definition) is 0. The summed E-state index contributed by atoms with van der Waals surface area (Å²) in [6.07, 6.45) is 8.51. The molecule has 0 bridgehead atoms. The summed E-state index contributed by atoms with van der Waals surface area (Å²) in [5.41, 5.74) is 5.79. The van der Waals surface area contributed by atoms with Crippen LogP contribution in [0.1, 0.15) is 16.8 Å². The molecule has 3 heteroatoms. The van der Waals surface area contributed by atoms with Crippen LogP contribution in [0.25, 0.3) is 11.1 Å². The molecular weight excluding hydrogens is 210 g/mol. The van der Waals surface area contributed by atoms with Crippen molar-refractivity contribution in [2.45, 2.75) is 13.3 Å². The van der Waals surface area contributed by atoms with Gasteiger partial charge in [-0.25, -0.2) is 0 Å². The molecule has 0 fully saturated rings. The number of aromatic nitrogens is 2. The maximum absolute atomic E-state index is 4.53. The summed E-state index contributed by atoms with van der Waals surface area (Å²) < 4.78 is 0. The zero-order chi connectivity index (χ0) is 11.7. The Morgan fingerprint density at radius 3 is 3.06 bits per heavy atom. The molecule has 2 aromatic heterocycles. The minimum absolute atomic E-state index is 0.855. The van der Waals surface area contributed by atoms with Crippen molar-refractivity contribution in [2.75, 3.05) is 6.54 Å². The van der Waals surface area contributed by atoms with E-state index in [0.29, 0.717) is 0 Å². The van der Waals surface area contributed by atoms with Crippen molar-refractivity contribution in [1.29, 1.82) is 0 Å². The Morgan fingerprint density at radius 1 is 1.24 bits per heavy atom. The van der Waals surface area contributed by atoms with E-state index in [9.17, 15) is 0 Å². The summed E-state index contributed by atoms with van der Waals surface area (Å²) in [5.74, 6) is 0. The van der Waals surface area contributed by atoms with Crippen molar-refractivity contribution in [1.82, 2.24) is 9.97 Å². The van der Waals surface area contributed by atoms with Crippen molar-refractivity contribution >= 4 is 6.21 Å². The van der Waals surface area contributed by atoms with Gasteiger partial charge in [-0.3, -0.25) is 15.0 Å². The van der Waals surface area contributed by atoms with Gasteiger partial charge in [0.25, 0.3) is 0 Å². The molecule has 1 aliphatic heterocycles. The van der Waals surface area contributed by atoms with Crippen LogP contribution >= 0.6 is 0 Å². The molecule has 3 nitrogen and oxygen atoms in total. The molecule has 17 heavy (non-hydrogen) atoms. The highest BCUT2D eigenvalue weighted by atomic mass is 14.8. The largest absolute Gasteiger partial charge is 0.292 e. The number of pyridine rings is 2. The molecular formula is C14H13N3. The van der Waals surface area contributed by atoms with E-state index in [4.69, 9.17) is 0 Å². The molecule has 3 heterocycles. The maximum atomic E-state index is 4.53. The fourth-order valence-corrected chi connectivity index (χ4v) is 2.11. The van der Waals surface area contributed by atoms with Crippen LogP contribution in [0.5, 0.6) is 0 Å². The standard InChI is InChI=1S/C14H13N3/c1-10-7-15-4-2-13(10)11-6-12-8-16-5-3-14(12)17-9-11/h2,4,6-9H,3,5H2,1H3. The van der Waals surface area contributed by atoms with Gasteiger partial charge in [0.15, 0.2) is 0 Å². The van der Waals surface area contributed by atoms with Crippen LogP contribution in [0.4, 0.5) is 0 Å². The minimum atomic E-state index is 0.855. The number of hydrogen-bond acceptors (Lipinski definition) is 3. The van der Waals surface area contributed by atoms with E-state index in [1.165, 1.54) is 11.1 Å². The van der Waals surface area contributed by atoms with Crippen LogP contribution in [-0.4, -0.2) is 22.7 Å². The molecule has 0 radical (unpaired) electrons. The predicted molar refractivity (Wildman–Crippen MR) is 68.4 cm³/mol. The average Bonchev–Trinajstić information content (AvgIpc) is 2.39. The summed E-state index contributed by atoms with van der Waals surface area (Å²) in [6.45, 7) is 2.92. The second-order valence-electron chi connectivity index (χ2n) is 4.24. The van der Waals surface area contributed by atoms with E-state index < -0.39 is 0 Å². The smallest absolute Gasteiger partial charge is 0.0510 e. The third-order valence-corrected chi connectivity index (χ3v) is 3.04. The first kappa shape index (κ1) is 10.1. The van der Waals surface area contributed by atoms with Crippen LogP contribution in [0.15, 0.2) is 35.7 Å². The van der Waals surface area contributed by atoms with Crippen LogP contribution < -0.4 is 0 Å². The quantitative estimate of drug-likeness (QED) is 0.744. The van der Waals surface area contributed by atoms with E-state index in [-0.39, 0.29) is 0 Å². The lowest BCUT2D eigenvalue weighted by Crippen LogP contribution is -2.05. The van der Waals surface area contributed by atoms with Crippen molar-refractivity contribution in [2.24, 2.45) is 4.99 Å². The fraction of sp³-hybridized carbons (Fsp3) is 0.214. The average molecular weight is 223 g/mol. The minimum Gasteiger partial charge on any atom is -0.292 e. The third-order valence-electron chi connectivity index (χ3n) is 3.04. The SMILES string of the molecule is Cc1cnccc1-c1cnc2c(c1)C=NCC2. The van der Waals surface area contributed by atoms with Crippen molar-refractivity contribution in [3.05, 3.63) is 47.5 Å². The van der Waals surface area contributed by atoms with Crippen LogP contribution in [0.3, 0.4) is 0 Å². The summed E-state index contributed by atoms with van der Waals surface area (Å²) in [5, 5.41) is 0. The Hall–Kier alpha value is -2.03. The van der Waals surface area contributed by atoms with Gasteiger partial charge >= 0.3 is 0 Å². The van der Waals surface area contributed by atoms with E-state index >= 15 is 0 Å². The fourth-order valence-electron chi connectivity index (χ4n) is 2.11.